The summed E-state index contributed by atoms with van der Waals surface area (Å²) in [7, 11) is 1.43. The van der Waals surface area contributed by atoms with E-state index in [1.165, 1.54) is 25.3 Å². The van der Waals surface area contributed by atoms with E-state index in [1.807, 2.05) is 0 Å². The highest BCUT2D eigenvalue weighted by atomic mass is 16.5. The Morgan fingerprint density at radius 2 is 1.90 bits per heavy atom. The first-order chi connectivity index (χ1) is 9.16. The predicted octanol–water partition coefficient (Wildman–Crippen LogP) is 1.63. The highest BCUT2D eigenvalue weighted by Crippen LogP contribution is 2.24. The van der Waals surface area contributed by atoms with Gasteiger partial charge in [0.15, 0.2) is 0 Å². The van der Waals surface area contributed by atoms with E-state index in [0.29, 0.717) is 5.75 Å². The van der Waals surface area contributed by atoms with Crippen molar-refractivity contribution in [2.45, 2.75) is 26.8 Å². The van der Waals surface area contributed by atoms with Gasteiger partial charge < -0.3 is 20.3 Å². The lowest BCUT2D eigenvalue weighted by Gasteiger charge is -2.27. The van der Waals surface area contributed by atoms with E-state index in [0.717, 1.165) is 0 Å². The summed E-state index contributed by atoms with van der Waals surface area (Å²) in [6.45, 7) is 5.12. The zero-order valence-electron chi connectivity index (χ0n) is 11.9. The summed E-state index contributed by atoms with van der Waals surface area (Å²) in [5.41, 5.74) is -0.685. The average Bonchev–Trinajstić information content (AvgIpc) is 2.34. The molecule has 1 aromatic rings. The largest absolute Gasteiger partial charge is 0.507 e. The Hall–Kier alpha value is -2.24. The van der Waals surface area contributed by atoms with Crippen molar-refractivity contribution in [3.05, 3.63) is 23.8 Å². The lowest BCUT2D eigenvalue weighted by molar-refractivity contribution is -0.142. The number of rotatable bonds is 4. The quantitative estimate of drug-likeness (QED) is 0.779. The predicted molar refractivity (Wildman–Crippen MR) is 73.0 cm³/mol. The molecule has 0 bridgehead atoms. The van der Waals surface area contributed by atoms with Gasteiger partial charge in [0, 0.05) is 0 Å². The zero-order valence-corrected chi connectivity index (χ0v) is 11.9. The second-order valence-corrected chi connectivity index (χ2v) is 5.49. The van der Waals surface area contributed by atoms with Crippen LogP contribution >= 0.6 is 0 Å². The fraction of sp³-hybridized carbons (Fsp3) is 0.429. The molecule has 0 aliphatic carbocycles. The van der Waals surface area contributed by atoms with Gasteiger partial charge in [-0.1, -0.05) is 20.8 Å². The van der Waals surface area contributed by atoms with E-state index in [4.69, 9.17) is 4.74 Å². The smallest absolute Gasteiger partial charge is 0.326 e. The number of aromatic hydroxyl groups is 1. The summed E-state index contributed by atoms with van der Waals surface area (Å²) in [4.78, 5) is 23.3. The van der Waals surface area contributed by atoms with Crippen molar-refractivity contribution in [2.24, 2.45) is 5.41 Å². The van der Waals surface area contributed by atoms with Crippen molar-refractivity contribution in [2.75, 3.05) is 7.11 Å². The minimum absolute atomic E-state index is 0.0279. The molecule has 0 spiro atoms. The van der Waals surface area contributed by atoms with Gasteiger partial charge in [0.05, 0.1) is 12.7 Å². The monoisotopic (exact) mass is 281 g/mol. The maximum Gasteiger partial charge on any atom is 0.326 e. The molecule has 3 N–H and O–H groups in total. The van der Waals surface area contributed by atoms with Crippen molar-refractivity contribution in [3.63, 3.8) is 0 Å². The maximum absolute atomic E-state index is 12.1. The molecule has 0 saturated carbocycles. The maximum atomic E-state index is 12.1. The summed E-state index contributed by atoms with van der Waals surface area (Å²) >= 11 is 0. The first-order valence-corrected chi connectivity index (χ1v) is 6.07. The lowest BCUT2D eigenvalue weighted by Crippen LogP contribution is -2.49. The van der Waals surface area contributed by atoms with Crippen LogP contribution in [0.15, 0.2) is 18.2 Å². The zero-order chi connectivity index (χ0) is 15.5. The molecule has 1 rings (SSSR count). The Labute approximate surface area is 117 Å². The van der Waals surface area contributed by atoms with E-state index in [-0.39, 0.29) is 11.3 Å². The molecule has 0 aromatic heterocycles. The number of hydrogen-bond acceptors (Lipinski definition) is 4. The minimum atomic E-state index is -1.13. The molecule has 0 radical (unpaired) electrons. The molecule has 0 unspecified atom stereocenters. The Morgan fingerprint density at radius 3 is 2.35 bits per heavy atom. The fourth-order valence-corrected chi connectivity index (χ4v) is 1.68. The van der Waals surface area contributed by atoms with Crippen molar-refractivity contribution >= 4 is 11.9 Å². The molecule has 1 atom stereocenters. The molecule has 0 heterocycles. The Balaban J connectivity index is 3.03. The van der Waals surface area contributed by atoms with Gasteiger partial charge in [-0.15, -0.1) is 0 Å². The number of carbonyl (C=O) groups is 2. The molecule has 1 aromatic carbocycles. The Morgan fingerprint density at radius 1 is 1.30 bits per heavy atom. The van der Waals surface area contributed by atoms with Gasteiger partial charge in [-0.2, -0.15) is 0 Å². The van der Waals surface area contributed by atoms with Crippen LogP contribution in [0.5, 0.6) is 11.5 Å². The third kappa shape index (κ3) is 3.63. The van der Waals surface area contributed by atoms with E-state index >= 15 is 0 Å². The number of carboxylic acids is 1. The first kappa shape index (κ1) is 15.8. The van der Waals surface area contributed by atoms with Crippen molar-refractivity contribution in [3.8, 4) is 11.5 Å². The summed E-state index contributed by atoms with van der Waals surface area (Å²) in [6.07, 6.45) is 0. The van der Waals surface area contributed by atoms with Crippen LogP contribution in [0, 0.1) is 5.41 Å². The van der Waals surface area contributed by atoms with Crippen LogP contribution in [0.25, 0.3) is 0 Å². The molecule has 6 heteroatoms. The second-order valence-electron chi connectivity index (χ2n) is 5.49. The standard InChI is InChI=1S/C14H19NO5/c1-14(2,3)11(13(18)19)15-12(17)9-7-8(20-4)5-6-10(9)16/h5-7,11,16H,1-4H3,(H,15,17)(H,18,19)/t11-/m0/s1. The number of hydrogen-bond donors (Lipinski definition) is 3. The van der Waals surface area contributed by atoms with E-state index in [1.54, 1.807) is 20.8 Å². The van der Waals surface area contributed by atoms with Crippen molar-refractivity contribution in [1.82, 2.24) is 5.32 Å². The van der Waals surface area contributed by atoms with Gasteiger partial charge >= 0.3 is 5.97 Å². The SMILES string of the molecule is COc1ccc(O)c(C(=O)N[C@@H](C(=O)O)C(C)(C)C)c1. The van der Waals surface area contributed by atoms with Gasteiger partial charge in [0.2, 0.25) is 0 Å². The number of phenols is 1. The molecule has 20 heavy (non-hydrogen) atoms. The van der Waals surface area contributed by atoms with Crippen molar-refractivity contribution in [1.29, 1.82) is 0 Å². The van der Waals surface area contributed by atoms with Gasteiger partial charge in [-0.25, -0.2) is 4.79 Å². The molecule has 0 fully saturated rings. The third-order valence-electron chi connectivity index (χ3n) is 2.84. The van der Waals surface area contributed by atoms with Crippen molar-refractivity contribution < 1.29 is 24.5 Å². The molecule has 6 nitrogen and oxygen atoms in total. The van der Waals surface area contributed by atoms with Gasteiger partial charge in [-0.05, 0) is 23.6 Å². The number of benzene rings is 1. The average molecular weight is 281 g/mol. The number of amides is 1. The first-order valence-electron chi connectivity index (χ1n) is 6.07. The number of carbonyl (C=O) groups excluding carboxylic acids is 1. The van der Waals surface area contributed by atoms with Gasteiger partial charge in [0.25, 0.3) is 5.91 Å². The van der Waals surface area contributed by atoms with Crippen LogP contribution < -0.4 is 10.1 Å². The molecule has 0 aliphatic heterocycles. The Bertz CT molecular complexity index is 519. The fourth-order valence-electron chi connectivity index (χ4n) is 1.68. The molecular weight excluding hydrogens is 262 g/mol. The summed E-state index contributed by atoms with van der Waals surface area (Å²) in [5.74, 6) is -1.63. The van der Waals surface area contributed by atoms with E-state index in [9.17, 15) is 19.8 Å². The van der Waals surface area contributed by atoms with Gasteiger partial charge in [-0.3, -0.25) is 4.79 Å². The molecule has 1 amide bonds. The molecule has 0 saturated heterocycles. The number of nitrogens with one attached hydrogen (secondary N) is 1. The highest BCUT2D eigenvalue weighted by Gasteiger charge is 2.33. The van der Waals surface area contributed by atoms with Crippen LogP contribution in [-0.2, 0) is 4.79 Å². The third-order valence-corrected chi connectivity index (χ3v) is 2.84. The van der Waals surface area contributed by atoms with Gasteiger partial charge in [0.1, 0.15) is 17.5 Å². The minimum Gasteiger partial charge on any atom is -0.507 e. The topological polar surface area (TPSA) is 95.9 Å². The van der Waals surface area contributed by atoms with Crippen LogP contribution in [0.1, 0.15) is 31.1 Å². The number of methoxy groups -OCH3 is 1. The number of carboxylic acid groups (broad SMARTS) is 1. The molecule has 0 aliphatic rings. The lowest BCUT2D eigenvalue weighted by atomic mass is 9.86. The van der Waals surface area contributed by atoms with E-state index < -0.39 is 23.3 Å². The number of ether oxygens (including phenoxy) is 1. The molecule has 110 valence electrons. The Kier molecular flexibility index (Phi) is 4.60. The summed E-state index contributed by atoms with van der Waals surface area (Å²) in [6, 6.07) is 3.11. The van der Waals surface area contributed by atoms with Crippen LogP contribution in [0.4, 0.5) is 0 Å². The van der Waals surface area contributed by atoms with E-state index in [2.05, 4.69) is 5.32 Å². The second kappa shape index (κ2) is 5.81. The van der Waals surface area contributed by atoms with Crippen LogP contribution in [0.3, 0.4) is 0 Å². The normalized spacial score (nSPS) is 12.6. The number of aliphatic carboxylic acids is 1. The summed E-state index contributed by atoms with van der Waals surface area (Å²) in [5, 5.41) is 21.3. The van der Waals surface area contributed by atoms with Crippen LogP contribution in [-0.4, -0.2) is 35.2 Å². The highest BCUT2D eigenvalue weighted by molar-refractivity contribution is 5.99. The summed E-state index contributed by atoms with van der Waals surface area (Å²) < 4.78 is 4.97. The van der Waals surface area contributed by atoms with Crippen LogP contribution in [0.2, 0.25) is 0 Å². The molecular formula is C14H19NO5. The number of phenolic OH excluding ortho intramolecular Hbond substituents is 1.